The van der Waals surface area contributed by atoms with Crippen molar-refractivity contribution in [3.8, 4) is 0 Å². The van der Waals surface area contributed by atoms with Crippen LogP contribution in [-0.4, -0.2) is 15.9 Å². The van der Waals surface area contributed by atoms with E-state index in [4.69, 9.17) is 0 Å². The lowest BCUT2D eigenvalue weighted by Crippen LogP contribution is -2.21. The van der Waals surface area contributed by atoms with E-state index in [0.717, 1.165) is 23.9 Å². The summed E-state index contributed by atoms with van der Waals surface area (Å²) in [6.07, 6.45) is 6.57. The summed E-state index contributed by atoms with van der Waals surface area (Å²) in [6.45, 7) is 5.72. The van der Waals surface area contributed by atoms with Crippen LogP contribution in [0.2, 0.25) is 0 Å². The Kier molecular flexibility index (Phi) is 2.35. The zero-order valence-corrected chi connectivity index (χ0v) is 10.5. The monoisotopic (exact) mass is 229 g/mol. The molecule has 2 aromatic heterocycles. The van der Waals surface area contributed by atoms with Crippen molar-refractivity contribution in [2.24, 2.45) is 11.3 Å². The third-order valence-corrected chi connectivity index (χ3v) is 4.17. The van der Waals surface area contributed by atoms with Gasteiger partial charge in [0.15, 0.2) is 0 Å². The smallest absolute Gasteiger partial charge is 0.138 e. The molecule has 0 amide bonds. The van der Waals surface area contributed by atoms with E-state index < -0.39 is 0 Å². The number of rotatable bonds is 4. The molecule has 0 spiro atoms. The maximum absolute atomic E-state index is 4.30. The van der Waals surface area contributed by atoms with E-state index in [1.807, 2.05) is 18.5 Å². The Bertz CT molecular complexity index is 523. The van der Waals surface area contributed by atoms with Crippen molar-refractivity contribution in [2.45, 2.75) is 26.7 Å². The molecule has 1 N–H and O–H groups in total. The van der Waals surface area contributed by atoms with E-state index in [2.05, 4.69) is 40.7 Å². The van der Waals surface area contributed by atoms with Gasteiger partial charge in [-0.3, -0.25) is 4.40 Å². The van der Waals surface area contributed by atoms with E-state index in [9.17, 15) is 0 Å². The Morgan fingerprint density at radius 2 is 2.24 bits per heavy atom. The van der Waals surface area contributed by atoms with Gasteiger partial charge in [-0.2, -0.15) is 0 Å². The third-order valence-electron chi connectivity index (χ3n) is 4.17. The maximum atomic E-state index is 4.30. The van der Waals surface area contributed by atoms with Crippen LogP contribution >= 0.6 is 0 Å². The summed E-state index contributed by atoms with van der Waals surface area (Å²) < 4.78 is 2.11. The van der Waals surface area contributed by atoms with Crippen LogP contribution in [0, 0.1) is 11.3 Å². The second-order valence-electron chi connectivity index (χ2n) is 5.44. The number of hydrogen-bond acceptors (Lipinski definition) is 2. The molecule has 2 aromatic rings. The molecule has 0 unspecified atom stereocenters. The van der Waals surface area contributed by atoms with Crippen molar-refractivity contribution in [1.82, 2.24) is 9.38 Å². The van der Waals surface area contributed by atoms with Crippen LogP contribution in [0.1, 0.15) is 26.7 Å². The van der Waals surface area contributed by atoms with Crippen molar-refractivity contribution in [3.63, 3.8) is 0 Å². The zero-order chi connectivity index (χ0) is 11.9. The topological polar surface area (TPSA) is 29.3 Å². The van der Waals surface area contributed by atoms with Gasteiger partial charge in [0.05, 0.1) is 0 Å². The van der Waals surface area contributed by atoms with E-state index in [0.29, 0.717) is 5.41 Å². The van der Waals surface area contributed by atoms with Crippen molar-refractivity contribution in [1.29, 1.82) is 0 Å². The van der Waals surface area contributed by atoms with Crippen LogP contribution in [0.25, 0.3) is 5.65 Å². The molecule has 0 aliphatic heterocycles. The fourth-order valence-corrected chi connectivity index (χ4v) is 2.48. The van der Waals surface area contributed by atoms with Crippen LogP contribution < -0.4 is 5.32 Å². The summed E-state index contributed by atoms with van der Waals surface area (Å²) in [5.41, 5.74) is 1.53. The molecule has 0 saturated heterocycles. The highest BCUT2D eigenvalue weighted by Crippen LogP contribution is 2.51. The number of aromatic nitrogens is 2. The summed E-state index contributed by atoms with van der Waals surface area (Å²) in [6, 6.07) is 6.20. The average Bonchev–Trinajstić information content (AvgIpc) is 2.96. The molecule has 1 aliphatic carbocycles. The lowest BCUT2D eigenvalue weighted by atomic mass is 9.92. The molecule has 1 aliphatic rings. The lowest BCUT2D eigenvalue weighted by molar-refractivity contribution is 0.379. The minimum Gasteiger partial charge on any atom is -0.371 e. The van der Waals surface area contributed by atoms with Crippen LogP contribution in [0.4, 0.5) is 5.82 Å². The van der Waals surface area contributed by atoms with Gasteiger partial charge in [0, 0.05) is 18.9 Å². The summed E-state index contributed by atoms with van der Waals surface area (Å²) in [7, 11) is 0. The molecule has 17 heavy (non-hydrogen) atoms. The van der Waals surface area contributed by atoms with E-state index in [-0.39, 0.29) is 0 Å². The number of anilines is 1. The molecule has 0 atom stereocenters. The fourth-order valence-electron chi connectivity index (χ4n) is 2.48. The maximum Gasteiger partial charge on any atom is 0.138 e. The zero-order valence-electron chi connectivity index (χ0n) is 10.5. The number of pyridine rings is 1. The van der Waals surface area contributed by atoms with Gasteiger partial charge in [-0.25, -0.2) is 4.98 Å². The minimum atomic E-state index is 0.531. The summed E-state index contributed by atoms with van der Waals surface area (Å²) in [4.78, 5) is 4.30. The molecule has 0 aromatic carbocycles. The largest absolute Gasteiger partial charge is 0.371 e. The van der Waals surface area contributed by atoms with Gasteiger partial charge >= 0.3 is 0 Å². The highest BCUT2D eigenvalue weighted by atomic mass is 15.1. The highest BCUT2D eigenvalue weighted by Gasteiger charge is 2.44. The molecule has 3 nitrogen and oxygen atoms in total. The molecule has 3 heteroatoms. The molecule has 0 bridgehead atoms. The molecular weight excluding hydrogens is 210 g/mol. The second-order valence-corrected chi connectivity index (χ2v) is 5.44. The third kappa shape index (κ3) is 1.79. The Labute approximate surface area is 102 Å². The Morgan fingerprint density at radius 1 is 1.41 bits per heavy atom. The van der Waals surface area contributed by atoms with E-state index >= 15 is 0 Å². The number of fused-ring (bicyclic) bond motifs is 1. The summed E-state index contributed by atoms with van der Waals surface area (Å²) >= 11 is 0. The second kappa shape index (κ2) is 3.76. The fraction of sp³-hybridized carbons (Fsp3) is 0.500. The first kappa shape index (κ1) is 10.6. The first-order valence-electron chi connectivity index (χ1n) is 6.37. The molecule has 1 fully saturated rings. The number of nitrogens with zero attached hydrogens (tertiary/aromatic N) is 2. The van der Waals surface area contributed by atoms with Gasteiger partial charge < -0.3 is 5.32 Å². The first-order valence-corrected chi connectivity index (χ1v) is 6.37. The quantitative estimate of drug-likeness (QED) is 0.872. The first-order chi connectivity index (χ1) is 8.21. The molecule has 1 saturated carbocycles. The Balaban J connectivity index is 1.79. The predicted octanol–water partition coefficient (Wildman–Crippen LogP) is 3.18. The predicted molar refractivity (Wildman–Crippen MR) is 70.2 cm³/mol. The van der Waals surface area contributed by atoms with Crippen molar-refractivity contribution in [2.75, 3.05) is 11.9 Å². The number of nitrogens with one attached hydrogen (secondary N) is 1. The van der Waals surface area contributed by atoms with Gasteiger partial charge in [-0.15, -0.1) is 0 Å². The molecule has 90 valence electrons. The molecule has 0 radical (unpaired) electrons. The van der Waals surface area contributed by atoms with Gasteiger partial charge in [0.25, 0.3) is 0 Å². The molecular formula is C14H19N3. The Morgan fingerprint density at radius 3 is 2.94 bits per heavy atom. The minimum absolute atomic E-state index is 0.531. The standard InChI is InChI=1S/C14H19N3/c1-11(2)14(6-7-14)10-16-13-5-3-4-12-15-8-9-17(12)13/h3-5,8-9,11,16H,6-7,10H2,1-2H3. The summed E-state index contributed by atoms with van der Waals surface area (Å²) in [5.74, 6) is 1.91. The van der Waals surface area contributed by atoms with Crippen LogP contribution in [0.15, 0.2) is 30.6 Å². The summed E-state index contributed by atoms with van der Waals surface area (Å²) in [5, 5.41) is 3.58. The van der Waals surface area contributed by atoms with Crippen LogP contribution in [-0.2, 0) is 0 Å². The number of hydrogen-bond donors (Lipinski definition) is 1. The van der Waals surface area contributed by atoms with Gasteiger partial charge in [0.1, 0.15) is 11.5 Å². The van der Waals surface area contributed by atoms with Crippen LogP contribution in [0.5, 0.6) is 0 Å². The lowest BCUT2D eigenvalue weighted by Gasteiger charge is -2.21. The van der Waals surface area contributed by atoms with E-state index in [1.165, 1.54) is 12.8 Å². The van der Waals surface area contributed by atoms with Crippen molar-refractivity contribution < 1.29 is 0 Å². The molecule has 3 rings (SSSR count). The van der Waals surface area contributed by atoms with Gasteiger partial charge in [0.2, 0.25) is 0 Å². The average molecular weight is 229 g/mol. The van der Waals surface area contributed by atoms with E-state index in [1.54, 1.807) is 0 Å². The number of imidazole rings is 1. The van der Waals surface area contributed by atoms with Crippen molar-refractivity contribution >= 4 is 11.5 Å². The van der Waals surface area contributed by atoms with Gasteiger partial charge in [-0.05, 0) is 36.3 Å². The molecule has 2 heterocycles. The Hall–Kier alpha value is -1.51. The highest BCUT2D eigenvalue weighted by molar-refractivity contribution is 5.50. The van der Waals surface area contributed by atoms with Crippen molar-refractivity contribution in [3.05, 3.63) is 30.6 Å². The normalized spacial score (nSPS) is 17.6. The van der Waals surface area contributed by atoms with Crippen LogP contribution in [0.3, 0.4) is 0 Å². The SMILES string of the molecule is CC(C)C1(CNc2cccc3nccn23)CC1. The van der Waals surface area contributed by atoms with Gasteiger partial charge in [-0.1, -0.05) is 19.9 Å².